The molecule has 0 aliphatic carbocycles. The molecule has 0 saturated heterocycles. The maximum absolute atomic E-state index is 12.2. The molecule has 0 amide bonds. The summed E-state index contributed by atoms with van der Waals surface area (Å²) >= 11 is 0. The third kappa shape index (κ3) is 5.26. The number of hydrogen-bond acceptors (Lipinski definition) is 3. The van der Waals surface area contributed by atoms with Crippen molar-refractivity contribution in [3.8, 4) is 11.8 Å². The van der Waals surface area contributed by atoms with Crippen LogP contribution in [0.5, 0.6) is 0 Å². The van der Waals surface area contributed by atoms with Crippen molar-refractivity contribution in [1.29, 1.82) is 0 Å². The second-order valence-corrected chi connectivity index (χ2v) is 6.61. The number of aliphatic hydroxyl groups is 1. The Morgan fingerprint density at radius 2 is 1.54 bits per heavy atom. The molecule has 0 spiro atoms. The van der Waals surface area contributed by atoms with E-state index < -0.39 is 17.2 Å². The zero-order chi connectivity index (χ0) is 17.6. The molecular weight excluding hydrogens is 300 g/mol. The summed E-state index contributed by atoms with van der Waals surface area (Å²) < 4.78 is 5.34. The number of esters is 1. The lowest BCUT2D eigenvalue weighted by Crippen LogP contribution is -2.32. The Labute approximate surface area is 143 Å². The summed E-state index contributed by atoms with van der Waals surface area (Å²) in [5, 5.41) is 11.0. The number of carbonyl (C=O) groups excluding carboxylic acids is 1. The summed E-state index contributed by atoms with van der Waals surface area (Å²) in [6.07, 6.45) is -0.228. The Morgan fingerprint density at radius 1 is 1.00 bits per heavy atom. The lowest BCUT2D eigenvalue weighted by molar-refractivity contribution is -0.158. The average Bonchev–Trinajstić information content (AvgIpc) is 2.53. The van der Waals surface area contributed by atoms with Crippen LogP contribution in [0.4, 0.5) is 0 Å². The fourth-order valence-corrected chi connectivity index (χ4v) is 2.22. The molecule has 0 unspecified atom stereocenters. The molecule has 1 N–H and O–H groups in total. The van der Waals surface area contributed by atoms with Crippen LogP contribution in [0.3, 0.4) is 0 Å². The van der Waals surface area contributed by atoms with E-state index in [0.29, 0.717) is 5.56 Å². The molecular formula is C21H22O3. The van der Waals surface area contributed by atoms with Gasteiger partial charge in [0.05, 0.1) is 6.42 Å². The van der Waals surface area contributed by atoms with Crippen LogP contribution >= 0.6 is 0 Å². The fourth-order valence-electron chi connectivity index (χ4n) is 2.22. The highest BCUT2D eigenvalue weighted by molar-refractivity contribution is 5.72. The van der Waals surface area contributed by atoms with Crippen LogP contribution in [0.15, 0.2) is 60.7 Å². The van der Waals surface area contributed by atoms with Crippen LogP contribution < -0.4 is 0 Å². The van der Waals surface area contributed by atoms with Gasteiger partial charge in [-0.25, -0.2) is 0 Å². The SMILES string of the molecule is CC(C)(C)OC(=O)C[C@](O)(C#Cc1ccccc1)c1ccccc1. The Balaban J connectivity index is 2.33. The third-order valence-electron chi connectivity index (χ3n) is 3.26. The van der Waals surface area contributed by atoms with Crippen LogP contribution in [0.25, 0.3) is 0 Å². The number of rotatable bonds is 3. The molecule has 0 aromatic heterocycles. The lowest BCUT2D eigenvalue weighted by Gasteiger charge is -2.25. The van der Waals surface area contributed by atoms with Crippen LogP contribution in [0.1, 0.15) is 38.3 Å². The highest BCUT2D eigenvalue weighted by Gasteiger charge is 2.32. The molecule has 0 bridgehead atoms. The molecule has 2 aromatic rings. The normalized spacial score (nSPS) is 13.3. The summed E-state index contributed by atoms with van der Waals surface area (Å²) in [6.45, 7) is 5.38. The van der Waals surface area contributed by atoms with E-state index in [1.54, 1.807) is 45.0 Å². The van der Waals surface area contributed by atoms with E-state index in [0.717, 1.165) is 5.56 Å². The van der Waals surface area contributed by atoms with Crippen LogP contribution in [0.2, 0.25) is 0 Å². The van der Waals surface area contributed by atoms with Gasteiger partial charge in [-0.1, -0.05) is 60.4 Å². The molecule has 0 aliphatic rings. The molecule has 2 aromatic carbocycles. The summed E-state index contributed by atoms with van der Waals surface area (Å²) in [5.41, 5.74) is -0.864. The highest BCUT2D eigenvalue weighted by Crippen LogP contribution is 2.26. The summed E-state index contributed by atoms with van der Waals surface area (Å²) in [5.74, 6) is 5.30. The number of ether oxygens (including phenoxy) is 1. The molecule has 2 rings (SSSR count). The fraction of sp³-hybridized carbons (Fsp3) is 0.286. The van der Waals surface area contributed by atoms with Crippen molar-refractivity contribution >= 4 is 5.97 Å². The molecule has 3 heteroatoms. The van der Waals surface area contributed by atoms with Crippen molar-refractivity contribution in [2.45, 2.75) is 38.4 Å². The van der Waals surface area contributed by atoms with Gasteiger partial charge < -0.3 is 9.84 Å². The Hall–Kier alpha value is -2.57. The predicted octanol–water partition coefficient (Wildman–Crippen LogP) is 3.66. The van der Waals surface area contributed by atoms with E-state index >= 15 is 0 Å². The molecule has 0 fully saturated rings. The van der Waals surface area contributed by atoms with Gasteiger partial charge in [0.15, 0.2) is 5.60 Å². The second kappa shape index (κ2) is 7.33. The topological polar surface area (TPSA) is 46.5 Å². The van der Waals surface area contributed by atoms with Crippen molar-refractivity contribution in [2.75, 3.05) is 0 Å². The number of carbonyl (C=O) groups is 1. The monoisotopic (exact) mass is 322 g/mol. The van der Waals surface area contributed by atoms with Gasteiger partial charge in [0.1, 0.15) is 5.60 Å². The van der Waals surface area contributed by atoms with Crippen molar-refractivity contribution in [3.63, 3.8) is 0 Å². The largest absolute Gasteiger partial charge is 0.460 e. The molecule has 0 radical (unpaired) electrons. The van der Waals surface area contributed by atoms with Crippen LogP contribution in [-0.4, -0.2) is 16.7 Å². The minimum absolute atomic E-state index is 0.228. The smallest absolute Gasteiger partial charge is 0.310 e. The summed E-state index contributed by atoms with van der Waals surface area (Å²) in [6, 6.07) is 18.3. The summed E-state index contributed by atoms with van der Waals surface area (Å²) in [4.78, 5) is 12.2. The minimum Gasteiger partial charge on any atom is -0.460 e. The highest BCUT2D eigenvalue weighted by atomic mass is 16.6. The van der Waals surface area contributed by atoms with Crippen molar-refractivity contribution in [2.24, 2.45) is 0 Å². The van der Waals surface area contributed by atoms with E-state index in [2.05, 4.69) is 11.8 Å². The first-order valence-electron chi connectivity index (χ1n) is 7.86. The molecule has 0 aliphatic heterocycles. The van der Waals surface area contributed by atoms with Gasteiger partial charge in [0, 0.05) is 5.56 Å². The van der Waals surface area contributed by atoms with Crippen LogP contribution in [0, 0.1) is 11.8 Å². The minimum atomic E-state index is -1.60. The Bertz CT molecular complexity index is 733. The number of hydrogen-bond donors (Lipinski definition) is 1. The Morgan fingerprint density at radius 3 is 2.08 bits per heavy atom. The van der Waals surface area contributed by atoms with E-state index in [1.807, 2.05) is 36.4 Å². The van der Waals surface area contributed by atoms with Gasteiger partial charge in [-0.3, -0.25) is 4.79 Å². The molecule has 124 valence electrons. The number of benzene rings is 2. The van der Waals surface area contributed by atoms with Gasteiger partial charge >= 0.3 is 5.97 Å². The van der Waals surface area contributed by atoms with E-state index in [1.165, 1.54) is 0 Å². The van der Waals surface area contributed by atoms with Crippen molar-refractivity contribution < 1.29 is 14.6 Å². The maximum atomic E-state index is 12.2. The van der Waals surface area contributed by atoms with E-state index in [9.17, 15) is 9.90 Å². The molecule has 0 heterocycles. The van der Waals surface area contributed by atoms with E-state index in [4.69, 9.17) is 4.74 Å². The molecule has 1 atom stereocenters. The standard InChI is InChI=1S/C21H22O3/c1-20(2,3)24-19(22)16-21(23,18-12-8-5-9-13-18)15-14-17-10-6-4-7-11-17/h4-13,23H,16H2,1-3H3/t21-/m1/s1. The molecule has 0 saturated carbocycles. The molecule has 24 heavy (non-hydrogen) atoms. The van der Waals surface area contributed by atoms with Gasteiger partial charge in [0.2, 0.25) is 0 Å². The third-order valence-corrected chi connectivity index (χ3v) is 3.26. The molecule has 3 nitrogen and oxygen atoms in total. The van der Waals surface area contributed by atoms with Crippen molar-refractivity contribution in [1.82, 2.24) is 0 Å². The van der Waals surface area contributed by atoms with E-state index in [-0.39, 0.29) is 6.42 Å². The second-order valence-electron chi connectivity index (χ2n) is 6.61. The van der Waals surface area contributed by atoms with Gasteiger partial charge in [0.25, 0.3) is 0 Å². The zero-order valence-electron chi connectivity index (χ0n) is 14.2. The van der Waals surface area contributed by atoms with Crippen LogP contribution in [-0.2, 0) is 15.1 Å². The first-order valence-corrected chi connectivity index (χ1v) is 7.86. The van der Waals surface area contributed by atoms with Crippen molar-refractivity contribution in [3.05, 3.63) is 71.8 Å². The zero-order valence-corrected chi connectivity index (χ0v) is 14.2. The first kappa shape index (κ1) is 17.8. The average molecular weight is 322 g/mol. The van der Waals surface area contributed by atoms with Gasteiger partial charge in [-0.2, -0.15) is 0 Å². The Kier molecular flexibility index (Phi) is 5.43. The predicted molar refractivity (Wildman–Crippen MR) is 94.1 cm³/mol. The van der Waals surface area contributed by atoms with Gasteiger partial charge in [-0.15, -0.1) is 0 Å². The first-order chi connectivity index (χ1) is 11.3. The lowest BCUT2D eigenvalue weighted by atomic mass is 9.90. The quantitative estimate of drug-likeness (QED) is 0.693. The maximum Gasteiger partial charge on any atom is 0.310 e. The van der Waals surface area contributed by atoms with Gasteiger partial charge in [-0.05, 0) is 38.5 Å². The summed E-state index contributed by atoms with van der Waals surface area (Å²) in [7, 11) is 0.